The normalized spacial score (nSPS) is 12.0. The van der Waals surface area contributed by atoms with Gasteiger partial charge in [0.05, 0.1) is 5.75 Å². The molecule has 4 aromatic rings. The summed E-state index contributed by atoms with van der Waals surface area (Å²) in [5, 5.41) is 16.1. The minimum absolute atomic E-state index is 0.0374. The number of thioether (sulfide) groups is 1. The highest BCUT2D eigenvalue weighted by Gasteiger charge is 2.19. The van der Waals surface area contributed by atoms with E-state index in [9.17, 15) is 4.79 Å². The second-order valence-electron chi connectivity index (χ2n) is 7.94. The number of hydrogen-bond acceptors (Lipinski definition) is 7. The molecule has 0 unspecified atom stereocenters. The third kappa shape index (κ3) is 5.87. The molecule has 1 amide bonds. The number of hydrogen-bond donors (Lipinski definition) is 1. The number of amides is 1. The summed E-state index contributed by atoms with van der Waals surface area (Å²) in [6, 6.07) is 18.2. The van der Waals surface area contributed by atoms with Crippen LogP contribution in [0.2, 0.25) is 0 Å². The Morgan fingerprint density at radius 3 is 2.64 bits per heavy atom. The van der Waals surface area contributed by atoms with Crippen LogP contribution < -0.4 is 5.32 Å². The van der Waals surface area contributed by atoms with Crippen LogP contribution in [0.3, 0.4) is 0 Å². The maximum absolute atomic E-state index is 12.4. The molecule has 0 radical (unpaired) electrons. The summed E-state index contributed by atoms with van der Waals surface area (Å²) in [4.78, 5) is 16.8. The second-order valence-corrected chi connectivity index (χ2v) is 8.88. The molecule has 0 spiro atoms. The van der Waals surface area contributed by atoms with Gasteiger partial charge in [-0.1, -0.05) is 77.1 Å². The molecule has 4 rings (SSSR count). The number of carbonyl (C=O) groups excluding carboxylic acids is 1. The lowest BCUT2D eigenvalue weighted by Crippen LogP contribution is -2.34. The Labute approximate surface area is 196 Å². The topological polar surface area (TPSA) is 98.7 Å². The van der Waals surface area contributed by atoms with E-state index in [-0.39, 0.29) is 23.6 Å². The molecule has 0 aliphatic carbocycles. The molecule has 1 N–H and O–H groups in total. The minimum Gasteiger partial charge on any atom is -0.353 e. The molecule has 9 heteroatoms. The quantitative estimate of drug-likeness (QED) is 0.374. The Morgan fingerprint density at radius 2 is 1.88 bits per heavy atom. The molecule has 33 heavy (non-hydrogen) atoms. The number of nitrogens with zero attached hydrogens (tertiary/aromatic N) is 5. The van der Waals surface area contributed by atoms with E-state index in [0.29, 0.717) is 16.8 Å². The Kier molecular flexibility index (Phi) is 7.19. The fourth-order valence-corrected chi connectivity index (χ4v) is 4.03. The van der Waals surface area contributed by atoms with Crippen molar-refractivity contribution in [3.8, 4) is 23.1 Å². The van der Waals surface area contributed by atoms with Gasteiger partial charge in [0, 0.05) is 18.7 Å². The van der Waals surface area contributed by atoms with Crippen molar-refractivity contribution < 1.29 is 9.32 Å². The highest BCUT2D eigenvalue weighted by Crippen LogP contribution is 2.24. The highest BCUT2D eigenvalue weighted by molar-refractivity contribution is 7.99. The van der Waals surface area contributed by atoms with Gasteiger partial charge in [-0.3, -0.25) is 4.79 Å². The second kappa shape index (κ2) is 10.4. The van der Waals surface area contributed by atoms with E-state index in [0.717, 1.165) is 24.0 Å². The summed E-state index contributed by atoms with van der Waals surface area (Å²) in [5.41, 5.74) is 3.30. The predicted octanol–water partition coefficient (Wildman–Crippen LogP) is 4.07. The molecule has 1 atom stereocenters. The van der Waals surface area contributed by atoms with Crippen LogP contribution in [0.4, 0.5) is 0 Å². The van der Waals surface area contributed by atoms with Crippen molar-refractivity contribution in [2.24, 2.45) is 7.05 Å². The van der Waals surface area contributed by atoms with Crippen molar-refractivity contribution in [1.82, 2.24) is 30.2 Å². The first-order chi connectivity index (χ1) is 16.0. The first kappa shape index (κ1) is 22.7. The molecular weight excluding hydrogens is 436 g/mol. The molecule has 2 aromatic heterocycles. The average molecular weight is 463 g/mol. The van der Waals surface area contributed by atoms with Crippen molar-refractivity contribution in [2.45, 2.75) is 37.9 Å². The summed E-state index contributed by atoms with van der Waals surface area (Å²) >= 11 is 1.32. The van der Waals surface area contributed by atoms with Crippen LogP contribution >= 0.6 is 11.8 Å². The zero-order chi connectivity index (χ0) is 23.2. The molecule has 0 aliphatic rings. The molecule has 8 nitrogen and oxygen atoms in total. The van der Waals surface area contributed by atoms with Crippen molar-refractivity contribution in [2.75, 3.05) is 5.75 Å². The highest BCUT2D eigenvalue weighted by atomic mass is 32.2. The zero-order valence-electron chi connectivity index (χ0n) is 18.9. The number of carbonyl (C=O) groups is 1. The number of aromatic nitrogens is 5. The fourth-order valence-electron chi connectivity index (χ4n) is 3.31. The van der Waals surface area contributed by atoms with E-state index in [4.69, 9.17) is 4.52 Å². The minimum atomic E-state index is -0.0374. The third-order valence-electron chi connectivity index (χ3n) is 5.21. The van der Waals surface area contributed by atoms with Crippen LogP contribution in [0.15, 0.2) is 64.3 Å². The van der Waals surface area contributed by atoms with Crippen molar-refractivity contribution in [3.63, 3.8) is 0 Å². The lowest BCUT2D eigenvalue weighted by molar-refractivity contribution is -0.119. The smallest absolute Gasteiger partial charge is 0.296 e. The first-order valence-corrected chi connectivity index (χ1v) is 11.7. The van der Waals surface area contributed by atoms with Gasteiger partial charge in [-0.15, -0.1) is 10.2 Å². The van der Waals surface area contributed by atoms with Gasteiger partial charge in [-0.2, -0.15) is 4.98 Å². The number of rotatable bonds is 9. The number of aryl methyl sites for hydroxylation is 2. The molecule has 0 fully saturated rings. The summed E-state index contributed by atoms with van der Waals surface area (Å²) in [6.07, 6.45) is 1.81. The largest absolute Gasteiger partial charge is 0.353 e. The molecule has 170 valence electrons. The fraction of sp³-hybridized carbons (Fsp3) is 0.292. The summed E-state index contributed by atoms with van der Waals surface area (Å²) < 4.78 is 7.15. The van der Waals surface area contributed by atoms with E-state index in [1.165, 1.54) is 17.3 Å². The predicted molar refractivity (Wildman–Crippen MR) is 128 cm³/mol. The van der Waals surface area contributed by atoms with Crippen molar-refractivity contribution in [1.29, 1.82) is 0 Å². The summed E-state index contributed by atoms with van der Waals surface area (Å²) in [6.45, 7) is 4.04. The van der Waals surface area contributed by atoms with Crippen molar-refractivity contribution in [3.05, 3.63) is 65.7 Å². The van der Waals surface area contributed by atoms with Gasteiger partial charge < -0.3 is 14.4 Å². The van der Waals surface area contributed by atoms with E-state index >= 15 is 0 Å². The first-order valence-electron chi connectivity index (χ1n) is 10.8. The Bertz CT molecular complexity index is 1200. The molecule has 0 saturated heterocycles. The summed E-state index contributed by atoms with van der Waals surface area (Å²) in [5.74, 6) is 1.45. The van der Waals surface area contributed by atoms with Crippen LogP contribution in [0.25, 0.3) is 23.1 Å². The third-order valence-corrected chi connectivity index (χ3v) is 6.23. The zero-order valence-corrected chi connectivity index (χ0v) is 19.7. The van der Waals surface area contributed by atoms with Gasteiger partial charge in [0.2, 0.25) is 17.6 Å². The SMILES string of the molecule is Cc1ccc(-c2noc(-c3nnc(SCC(=O)N[C@H](C)CCc4ccccc4)n3C)n2)cc1. The van der Waals surface area contributed by atoms with Crippen molar-refractivity contribution >= 4 is 17.7 Å². The molecule has 0 saturated carbocycles. The molecular formula is C24H26N6O2S. The molecule has 0 aliphatic heterocycles. The van der Waals surface area contributed by atoms with Crippen LogP contribution in [-0.4, -0.2) is 42.6 Å². The number of nitrogens with one attached hydrogen (secondary N) is 1. The van der Waals surface area contributed by atoms with Crippen LogP contribution in [0.5, 0.6) is 0 Å². The lowest BCUT2D eigenvalue weighted by atomic mass is 10.1. The monoisotopic (exact) mass is 462 g/mol. The van der Waals surface area contributed by atoms with Gasteiger partial charge in [-0.05, 0) is 32.3 Å². The Morgan fingerprint density at radius 1 is 1.12 bits per heavy atom. The van der Waals surface area contributed by atoms with E-state index < -0.39 is 0 Å². The summed E-state index contributed by atoms with van der Waals surface area (Å²) in [7, 11) is 1.81. The molecule has 2 heterocycles. The Balaban J connectivity index is 1.31. The van der Waals surface area contributed by atoms with Crippen LogP contribution in [0, 0.1) is 6.92 Å². The maximum atomic E-state index is 12.4. The van der Waals surface area contributed by atoms with Gasteiger partial charge >= 0.3 is 0 Å². The number of benzene rings is 2. The Hall–Kier alpha value is -3.46. The van der Waals surface area contributed by atoms with Gasteiger partial charge in [0.15, 0.2) is 5.16 Å². The molecule has 2 aromatic carbocycles. The van der Waals surface area contributed by atoms with Crippen LogP contribution in [-0.2, 0) is 18.3 Å². The standard InChI is InChI=1S/C24H26N6O2S/c1-16-9-13-19(14-10-16)21-26-23(32-29-21)22-27-28-24(30(22)3)33-15-20(31)25-17(2)11-12-18-7-5-4-6-8-18/h4-10,13-14,17H,11-12,15H2,1-3H3,(H,25,31)/t17-/m1/s1. The van der Waals surface area contributed by atoms with E-state index in [1.807, 2.05) is 63.4 Å². The lowest BCUT2D eigenvalue weighted by Gasteiger charge is -2.13. The van der Waals surface area contributed by atoms with Gasteiger partial charge in [-0.25, -0.2) is 0 Å². The van der Waals surface area contributed by atoms with Crippen LogP contribution in [0.1, 0.15) is 24.5 Å². The molecule has 0 bridgehead atoms. The van der Waals surface area contributed by atoms with E-state index in [1.54, 1.807) is 4.57 Å². The van der Waals surface area contributed by atoms with E-state index in [2.05, 4.69) is 37.8 Å². The van der Waals surface area contributed by atoms with Gasteiger partial charge in [0.25, 0.3) is 5.89 Å². The van der Waals surface area contributed by atoms with Gasteiger partial charge in [0.1, 0.15) is 0 Å². The average Bonchev–Trinajstić information content (AvgIpc) is 3.44. The maximum Gasteiger partial charge on any atom is 0.296 e.